The second kappa shape index (κ2) is 3.89. The fraction of sp³-hybridized carbons (Fsp3) is 0.250. The van der Waals surface area contributed by atoms with Crippen LogP contribution in [0.2, 0.25) is 0 Å². The van der Waals surface area contributed by atoms with Gasteiger partial charge in [0.15, 0.2) is 0 Å². The summed E-state index contributed by atoms with van der Waals surface area (Å²) in [6.07, 6.45) is 0.688. The zero-order valence-electron chi connectivity index (χ0n) is 9.20. The number of H-pyrrole nitrogens is 1. The van der Waals surface area contributed by atoms with E-state index in [0.717, 1.165) is 16.5 Å². The standard InChI is InChI=1S/C12H13NO3/c1-3-8-9-5-4-7(16-2)6-10(9)13-11(8)12(14)15/h4-6,13H,3H2,1-2H3,(H,14,15). The minimum absolute atomic E-state index is 0.269. The van der Waals surface area contributed by atoms with Crippen molar-refractivity contribution in [2.24, 2.45) is 0 Å². The van der Waals surface area contributed by atoms with Crippen molar-refractivity contribution in [2.45, 2.75) is 13.3 Å². The summed E-state index contributed by atoms with van der Waals surface area (Å²) in [6, 6.07) is 5.53. The third-order valence-corrected chi connectivity index (χ3v) is 2.68. The van der Waals surface area contributed by atoms with Gasteiger partial charge in [0.05, 0.1) is 12.6 Å². The van der Waals surface area contributed by atoms with Crippen LogP contribution in [0.15, 0.2) is 18.2 Å². The third-order valence-electron chi connectivity index (χ3n) is 2.68. The van der Waals surface area contributed by atoms with Gasteiger partial charge in [-0.1, -0.05) is 6.92 Å². The molecule has 0 atom stereocenters. The van der Waals surface area contributed by atoms with E-state index in [0.29, 0.717) is 12.2 Å². The van der Waals surface area contributed by atoms with Gasteiger partial charge < -0.3 is 14.8 Å². The van der Waals surface area contributed by atoms with E-state index in [4.69, 9.17) is 9.84 Å². The number of nitrogens with one attached hydrogen (secondary N) is 1. The Hall–Kier alpha value is -1.97. The highest BCUT2D eigenvalue weighted by Gasteiger charge is 2.15. The van der Waals surface area contributed by atoms with Crippen molar-refractivity contribution in [3.63, 3.8) is 0 Å². The predicted molar refractivity (Wildman–Crippen MR) is 61.2 cm³/mol. The molecule has 2 aromatic rings. The molecular weight excluding hydrogens is 206 g/mol. The molecule has 0 aliphatic rings. The molecule has 2 rings (SSSR count). The summed E-state index contributed by atoms with van der Waals surface area (Å²) in [4.78, 5) is 14.0. The number of ether oxygens (including phenoxy) is 1. The fourth-order valence-electron chi connectivity index (χ4n) is 1.91. The SMILES string of the molecule is CCc1c(C(=O)O)[nH]c2cc(OC)ccc12. The van der Waals surface area contributed by atoms with Crippen molar-refractivity contribution in [1.82, 2.24) is 4.98 Å². The van der Waals surface area contributed by atoms with Crippen LogP contribution in [0.3, 0.4) is 0 Å². The van der Waals surface area contributed by atoms with E-state index in [1.165, 1.54) is 0 Å². The van der Waals surface area contributed by atoms with Crippen molar-refractivity contribution in [2.75, 3.05) is 7.11 Å². The number of aromatic amines is 1. The van der Waals surface area contributed by atoms with Crippen LogP contribution in [-0.2, 0) is 6.42 Å². The van der Waals surface area contributed by atoms with Gasteiger partial charge in [-0.05, 0) is 24.1 Å². The topological polar surface area (TPSA) is 62.3 Å². The maximum atomic E-state index is 11.0. The molecule has 4 nitrogen and oxygen atoms in total. The Labute approximate surface area is 92.9 Å². The largest absolute Gasteiger partial charge is 0.497 e. The highest BCUT2D eigenvalue weighted by atomic mass is 16.5. The number of carboxylic acids is 1. The van der Waals surface area contributed by atoms with Crippen molar-refractivity contribution in [1.29, 1.82) is 0 Å². The highest BCUT2D eigenvalue weighted by molar-refractivity contribution is 5.97. The van der Waals surface area contributed by atoms with Crippen LogP contribution in [0.5, 0.6) is 5.75 Å². The lowest BCUT2D eigenvalue weighted by molar-refractivity contribution is 0.0690. The second-order valence-electron chi connectivity index (χ2n) is 3.55. The molecular formula is C12H13NO3. The summed E-state index contributed by atoms with van der Waals surface area (Å²) >= 11 is 0. The molecule has 0 aliphatic heterocycles. The van der Waals surface area contributed by atoms with Crippen LogP contribution in [0.4, 0.5) is 0 Å². The Morgan fingerprint density at radius 3 is 2.81 bits per heavy atom. The second-order valence-corrected chi connectivity index (χ2v) is 3.55. The quantitative estimate of drug-likeness (QED) is 0.833. The lowest BCUT2D eigenvalue weighted by Crippen LogP contribution is -2.00. The zero-order chi connectivity index (χ0) is 11.7. The van der Waals surface area contributed by atoms with E-state index < -0.39 is 5.97 Å². The maximum Gasteiger partial charge on any atom is 0.352 e. The molecule has 1 heterocycles. The highest BCUT2D eigenvalue weighted by Crippen LogP contribution is 2.26. The van der Waals surface area contributed by atoms with Gasteiger partial charge in [0, 0.05) is 11.5 Å². The molecule has 0 saturated heterocycles. The lowest BCUT2D eigenvalue weighted by atomic mass is 10.1. The van der Waals surface area contributed by atoms with Crippen LogP contribution in [-0.4, -0.2) is 23.2 Å². The summed E-state index contributed by atoms with van der Waals surface area (Å²) in [5, 5.41) is 10.0. The number of methoxy groups -OCH3 is 1. The first-order chi connectivity index (χ1) is 7.67. The first-order valence-electron chi connectivity index (χ1n) is 5.09. The minimum Gasteiger partial charge on any atom is -0.497 e. The van der Waals surface area contributed by atoms with Crippen LogP contribution in [0, 0.1) is 0 Å². The number of carboxylic acid groups (broad SMARTS) is 1. The van der Waals surface area contributed by atoms with Gasteiger partial charge in [-0.15, -0.1) is 0 Å². The number of aromatic carboxylic acids is 1. The number of hydrogen-bond donors (Lipinski definition) is 2. The molecule has 4 heteroatoms. The molecule has 0 aliphatic carbocycles. The first kappa shape index (κ1) is 10.5. The number of aromatic nitrogens is 1. The van der Waals surface area contributed by atoms with Crippen LogP contribution >= 0.6 is 0 Å². The van der Waals surface area contributed by atoms with E-state index in [-0.39, 0.29) is 5.69 Å². The summed E-state index contributed by atoms with van der Waals surface area (Å²) < 4.78 is 5.10. The van der Waals surface area contributed by atoms with Crippen molar-refractivity contribution in [3.05, 3.63) is 29.5 Å². The Morgan fingerprint density at radius 1 is 1.50 bits per heavy atom. The van der Waals surface area contributed by atoms with Gasteiger partial charge in [0.2, 0.25) is 0 Å². The number of carbonyl (C=O) groups is 1. The lowest BCUT2D eigenvalue weighted by Gasteiger charge is -1.99. The summed E-state index contributed by atoms with van der Waals surface area (Å²) in [5.74, 6) is -0.208. The molecule has 0 saturated carbocycles. The summed E-state index contributed by atoms with van der Waals surface area (Å²) in [6.45, 7) is 1.94. The van der Waals surface area contributed by atoms with Crippen LogP contribution < -0.4 is 4.74 Å². The van der Waals surface area contributed by atoms with E-state index in [9.17, 15) is 4.79 Å². The van der Waals surface area contributed by atoms with Gasteiger partial charge in [-0.2, -0.15) is 0 Å². The molecule has 0 unspecified atom stereocenters. The molecule has 0 fully saturated rings. The number of aryl methyl sites for hydroxylation is 1. The molecule has 84 valence electrons. The smallest absolute Gasteiger partial charge is 0.352 e. The van der Waals surface area contributed by atoms with Crippen LogP contribution in [0.1, 0.15) is 23.0 Å². The van der Waals surface area contributed by atoms with Crippen molar-refractivity contribution in [3.8, 4) is 5.75 Å². The molecule has 2 N–H and O–H groups in total. The van der Waals surface area contributed by atoms with E-state index in [2.05, 4.69) is 4.98 Å². The molecule has 1 aromatic carbocycles. The van der Waals surface area contributed by atoms with Crippen LogP contribution in [0.25, 0.3) is 10.9 Å². The number of rotatable bonds is 3. The number of hydrogen-bond acceptors (Lipinski definition) is 2. The molecule has 0 amide bonds. The molecule has 0 radical (unpaired) electrons. The normalized spacial score (nSPS) is 10.6. The average molecular weight is 219 g/mol. The molecule has 0 spiro atoms. The number of fused-ring (bicyclic) bond motifs is 1. The monoisotopic (exact) mass is 219 g/mol. The van der Waals surface area contributed by atoms with Crippen molar-refractivity contribution < 1.29 is 14.6 Å². The molecule has 0 bridgehead atoms. The Kier molecular flexibility index (Phi) is 2.56. The van der Waals surface area contributed by atoms with E-state index in [1.54, 1.807) is 13.2 Å². The Balaban J connectivity index is 2.71. The Morgan fingerprint density at radius 2 is 2.25 bits per heavy atom. The first-order valence-corrected chi connectivity index (χ1v) is 5.09. The van der Waals surface area contributed by atoms with Gasteiger partial charge in [0.1, 0.15) is 11.4 Å². The predicted octanol–water partition coefficient (Wildman–Crippen LogP) is 2.44. The fourth-order valence-corrected chi connectivity index (χ4v) is 1.91. The average Bonchev–Trinajstić information content (AvgIpc) is 2.66. The Bertz CT molecular complexity index is 542. The molecule has 16 heavy (non-hydrogen) atoms. The van der Waals surface area contributed by atoms with Crippen molar-refractivity contribution >= 4 is 16.9 Å². The maximum absolute atomic E-state index is 11.0. The van der Waals surface area contributed by atoms with Gasteiger partial charge >= 0.3 is 5.97 Å². The summed E-state index contributed by atoms with van der Waals surface area (Å²) in [7, 11) is 1.59. The van der Waals surface area contributed by atoms with Gasteiger partial charge in [-0.25, -0.2) is 4.79 Å². The minimum atomic E-state index is -0.924. The zero-order valence-corrected chi connectivity index (χ0v) is 9.20. The van der Waals surface area contributed by atoms with E-state index in [1.807, 2.05) is 19.1 Å². The molecule has 1 aromatic heterocycles. The van der Waals surface area contributed by atoms with Gasteiger partial charge in [0.25, 0.3) is 0 Å². The van der Waals surface area contributed by atoms with E-state index >= 15 is 0 Å². The number of benzene rings is 1. The van der Waals surface area contributed by atoms with Gasteiger partial charge in [-0.3, -0.25) is 0 Å². The third kappa shape index (κ3) is 1.52. The summed E-state index contributed by atoms with van der Waals surface area (Å²) in [5.41, 5.74) is 1.91.